The lowest BCUT2D eigenvalue weighted by Crippen LogP contribution is -2.22. The van der Waals surface area contributed by atoms with Crippen molar-refractivity contribution in [2.24, 2.45) is 0 Å². The quantitative estimate of drug-likeness (QED) is 0.563. The van der Waals surface area contributed by atoms with Gasteiger partial charge in [0.1, 0.15) is 0 Å². The Hall–Kier alpha value is -0.830. The van der Waals surface area contributed by atoms with E-state index in [2.05, 4.69) is 22.5 Å². The molecular formula is C11H16BrNO. The van der Waals surface area contributed by atoms with Gasteiger partial charge in [0.15, 0.2) is 0 Å². The largest absolute Gasteiger partial charge is 0.345 e. The van der Waals surface area contributed by atoms with Crippen LogP contribution in [0.2, 0.25) is 0 Å². The topological polar surface area (TPSA) is 20.3 Å². The van der Waals surface area contributed by atoms with Gasteiger partial charge in [0.2, 0.25) is 0 Å². The molecule has 0 fully saturated rings. The van der Waals surface area contributed by atoms with Gasteiger partial charge >= 0.3 is 0 Å². The molecule has 0 aromatic carbocycles. The van der Waals surface area contributed by atoms with E-state index in [9.17, 15) is 4.79 Å². The van der Waals surface area contributed by atoms with Crippen molar-refractivity contribution >= 4 is 21.8 Å². The second-order valence-electron chi connectivity index (χ2n) is 3.18. The second-order valence-corrected chi connectivity index (χ2v) is 4.13. The van der Waals surface area contributed by atoms with Crippen molar-refractivity contribution in [3.8, 4) is 0 Å². The minimum Gasteiger partial charge on any atom is -0.345 e. The van der Waals surface area contributed by atoms with Crippen LogP contribution in [0.25, 0.3) is 0 Å². The van der Waals surface area contributed by atoms with Crippen LogP contribution in [0.4, 0.5) is 0 Å². The third kappa shape index (κ3) is 3.92. The van der Waals surface area contributed by atoms with Crippen LogP contribution in [-0.4, -0.2) is 24.9 Å². The number of likely N-dealkylation sites (N-methyl/N-ethyl adjacent to an activating group) is 1. The Morgan fingerprint density at radius 1 is 1.43 bits per heavy atom. The van der Waals surface area contributed by atoms with E-state index in [1.165, 1.54) is 0 Å². The Bertz CT molecular complexity index is 300. The standard InChI is InChI=1S/C11H16BrNO/c1-6-10(11(14)13(4)5)7-8(2)9(3)12/h6-7H,3H2,1-2,4-5H3/b8-7-,10-6+. The van der Waals surface area contributed by atoms with E-state index in [4.69, 9.17) is 0 Å². The third-order valence-corrected chi connectivity index (χ3v) is 2.39. The number of carbonyl (C=O) groups excluding carboxylic acids is 1. The first-order valence-corrected chi connectivity index (χ1v) is 5.10. The zero-order valence-electron chi connectivity index (χ0n) is 9.10. The van der Waals surface area contributed by atoms with Crippen LogP contribution in [0.5, 0.6) is 0 Å². The molecule has 14 heavy (non-hydrogen) atoms. The number of rotatable bonds is 3. The van der Waals surface area contributed by atoms with Gasteiger partial charge in [0.25, 0.3) is 5.91 Å². The molecule has 0 N–H and O–H groups in total. The molecule has 0 aliphatic heterocycles. The molecule has 78 valence electrons. The molecule has 3 heteroatoms. The van der Waals surface area contributed by atoms with E-state index in [-0.39, 0.29) is 5.91 Å². The molecule has 0 aromatic heterocycles. The van der Waals surface area contributed by atoms with E-state index < -0.39 is 0 Å². The zero-order chi connectivity index (χ0) is 11.3. The highest BCUT2D eigenvalue weighted by Gasteiger charge is 2.08. The van der Waals surface area contributed by atoms with Gasteiger partial charge in [0, 0.05) is 24.2 Å². The van der Waals surface area contributed by atoms with Crippen LogP contribution in [0.15, 0.2) is 34.4 Å². The molecular weight excluding hydrogens is 242 g/mol. The summed E-state index contributed by atoms with van der Waals surface area (Å²) in [6.45, 7) is 7.49. The smallest absolute Gasteiger partial charge is 0.253 e. The number of amides is 1. The molecule has 0 aliphatic rings. The average molecular weight is 258 g/mol. The van der Waals surface area contributed by atoms with Crippen LogP contribution in [-0.2, 0) is 4.79 Å². The van der Waals surface area contributed by atoms with E-state index in [0.717, 1.165) is 10.1 Å². The van der Waals surface area contributed by atoms with Crippen molar-refractivity contribution in [3.05, 3.63) is 34.4 Å². The average Bonchev–Trinajstić information content (AvgIpc) is 2.12. The molecule has 0 aliphatic carbocycles. The normalized spacial score (nSPS) is 12.6. The molecule has 0 bridgehead atoms. The summed E-state index contributed by atoms with van der Waals surface area (Å²) in [7, 11) is 3.47. The predicted molar refractivity (Wildman–Crippen MR) is 64.3 cm³/mol. The maximum Gasteiger partial charge on any atom is 0.253 e. The fourth-order valence-electron chi connectivity index (χ4n) is 0.838. The van der Waals surface area contributed by atoms with Gasteiger partial charge in [-0.2, -0.15) is 0 Å². The summed E-state index contributed by atoms with van der Waals surface area (Å²) in [5.74, 6) is 0.000556. The SMILES string of the molecule is C=C(Br)/C(C)=C\C(=C/C)C(=O)N(C)C. The number of halogens is 1. The van der Waals surface area contributed by atoms with Gasteiger partial charge in [0.05, 0.1) is 0 Å². The molecule has 1 amide bonds. The number of hydrogen-bond acceptors (Lipinski definition) is 1. The Morgan fingerprint density at radius 3 is 2.21 bits per heavy atom. The van der Waals surface area contributed by atoms with Gasteiger partial charge in [-0.25, -0.2) is 0 Å². The fraction of sp³-hybridized carbons (Fsp3) is 0.364. The van der Waals surface area contributed by atoms with Gasteiger partial charge in [-0.3, -0.25) is 4.79 Å². The monoisotopic (exact) mass is 257 g/mol. The van der Waals surface area contributed by atoms with Gasteiger partial charge < -0.3 is 4.90 Å². The molecule has 0 spiro atoms. The summed E-state index contributed by atoms with van der Waals surface area (Å²) in [4.78, 5) is 13.2. The molecule has 0 saturated carbocycles. The van der Waals surface area contributed by atoms with Gasteiger partial charge in [-0.15, -0.1) is 0 Å². The zero-order valence-corrected chi connectivity index (χ0v) is 10.7. The highest BCUT2D eigenvalue weighted by molar-refractivity contribution is 9.11. The second kappa shape index (κ2) is 5.81. The molecule has 0 radical (unpaired) electrons. The lowest BCUT2D eigenvalue weighted by atomic mass is 10.1. The van der Waals surface area contributed by atoms with Crippen molar-refractivity contribution in [2.75, 3.05) is 14.1 Å². The molecule has 0 unspecified atom stereocenters. The predicted octanol–water partition coefficient (Wildman–Crippen LogP) is 2.88. The van der Waals surface area contributed by atoms with Gasteiger partial charge in [-0.05, 0) is 25.5 Å². The van der Waals surface area contributed by atoms with Crippen LogP contribution in [0.1, 0.15) is 13.8 Å². The van der Waals surface area contributed by atoms with E-state index in [1.54, 1.807) is 25.1 Å². The first-order valence-electron chi connectivity index (χ1n) is 4.31. The number of nitrogens with zero attached hydrogens (tertiary/aromatic N) is 1. The lowest BCUT2D eigenvalue weighted by molar-refractivity contribution is -0.124. The lowest BCUT2D eigenvalue weighted by Gasteiger charge is -2.11. The molecule has 0 aromatic rings. The van der Waals surface area contributed by atoms with Crippen LogP contribution < -0.4 is 0 Å². The van der Waals surface area contributed by atoms with Crippen LogP contribution >= 0.6 is 15.9 Å². The molecule has 0 rings (SSSR count). The Morgan fingerprint density at radius 2 is 1.93 bits per heavy atom. The van der Waals surface area contributed by atoms with Crippen molar-refractivity contribution in [1.29, 1.82) is 0 Å². The summed E-state index contributed by atoms with van der Waals surface area (Å²) in [5, 5.41) is 0. The van der Waals surface area contributed by atoms with E-state index in [0.29, 0.717) is 5.57 Å². The van der Waals surface area contributed by atoms with Crippen molar-refractivity contribution < 1.29 is 4.79 Å². The Labute approximate surface area is 94.1 Å². The minimum absolute atomic E-state index is 0.000556. The number of hydrogen-bond donors (Lipinski definition) is 0. The maximum absolute atomic E-state index is 11.6. The fourth-order valence-corrected chi connectivity index (χ4v) is 0.953. The number of allylic oxidation sites excluding steroid dienone is 3. The first kappa shape index (κ1) is 13.2. The molecule has 2 nitrogen and oxygen atoms in total. The van der Waals surface area contributed by atoms with E-state index in [1.807, 2.05) is 19.9 Å². The summed E-state index contributed by atoms with van der Waals surface area (Å²) in [6.07, 6.45) is 3.61. The van der Waals surface area contributed by atoms with Crippen LogP contribution in [0, 0.1) is 0 Å². The molecule has 0 atom stereocenters. The Kier molecular flexibility index (Phi) is 5.46. The Balaban J connectivity index is 4.88. The van der Waals surface area contributed by atoms with Gasteiger partial charge in [-0.1, -0.05) is 28.6 Å². The summed E-state index contributed by atoms with van der Waals surface area (Å²) in [6, 6.07) is 0. The maximum atomic E-state index is 11.6. The van der Waals surface area contributed by atoms with Crippen molar-refractivity contribution in [1.82, 2.24) is 4.90 Å². The summed E-state index contributed by atoms with van der Waals surface area (Å²) >= 11 is 3.27. The highest BCUT2D eigenvalue weighted by atomic mass is 79.9. The molecule has 0 heterocycles. The summed E-state index contributed by atoms with van der Waals surface area (Å²) < 4.78 is 0.795. The van der Waals surface area contributed by atoms with Crippen molar-refractivity contribution in [2.45, 2.75) is 13.8 Å². The van der Waals surface area contributed by atoms with E-state index >= 15 is 0 Å². The third-order valence-electron chi connectivity index (χ3n) is 1.76. The first-order chi connectivity index (χ1) is 6.40. The summed E-state index contributed by atoms with van der Waals surface area (Å²) in [5.41, 5.74) is 1.63. The van der Waals surface area contributed by atoms with Crippen LogP contribution in [0.3, 0.4) is 0 Å². The number of carbonyl (C=O) groups is 1. The van der Waals surface area contributed by atoms with Crippen molar-refractivity contribution in [3.63, 3.8) is 0 Å². The molecule has 0 saturated heterocycles. The highest BCUT2D eigenvalue weighted by Crippen LogP contribution is 2.16. The minimum atomic E-state index is 0.000556.